The van der Waals surface area contributed by atoms with Gasteiger partial charge in [-0.15, -0.1) is 0 Å². The van der Waals surface area contributed by atoms with Gasteiger partial charge in [0.2, 0.25) is 0 Å². The van der Waals surface area contributed by atoms with Gasteiger partial charge in [-0.1, -0.05) is 36.7 Å². The molecule has 0 aliphatic heterocycles. The predicted molar refractivity (Wildman–Crippen MR) is 110 cm³/mol. The fourth-order valence-electron chi connectivity index (χ4n) is 2.76. The van der Waals surface area contributed by atoms with E-state index in [9.17, 15) is 4.79 Å². The van der Waals surface area contributed by atoms with Gasteiger partial charge in [-0.25, -0.2) is 0 Å². The van der Waals surface area contributed by atoms with Crippen LogP contribution in [-0.2, 0) is 11.2 Å². The van der Waals surface area contributed by atoms with E-state index >= 15 is 0 Å². The van der Waals surface area contributed by atoms with Gasteiger partial charge in [-0.2, -0.15) is 0 Å². The Bertz CT molecular complexity index is 738. The first kappa shape index (κ1) is 21.1. The summed E-state index contributed by atoms with van der Waals surface area (Å²) in [6, 6.07) is 11.7. The number of rotatable bonds is 10. The van der Waals surface area contributed by atoms with Crippen molar-refractivity contribution < 1.29 is 14.3 Å². The third-order valence-electron chi connectivity index (χ3n) is 4.16. The number of benzene rings is 2. The number of para-hydroxylation sites is 1. The molecular weight excluding hydrogens is 362 g/mol. The van der Waals surface area contributed by atoms with Gasteiger partial charge < -0.3 is 14.8 Å². The number of ether oxygens (including phenoxy) is 2. The Morgan fingerprint density at radius 3 is 2.52 bits per heavy atom. The zero-order valence-corrected chi connectivity index (χ0v) is 17.1. The summed E-state index contributed by atoms with van der Waals surface area (Å²) in [4.78, 5) is 12.0. The molecule has 0 saturated carbocycles. The third kappa shape index (κ3) is 6.79. The maximum atomic E-state index is 12.0. The highest BCUT2D eigenvalue weighted by atomic mass is 35.5. The van der Waals surface area contributed by atoms with Gasteiger partial charge in [0.25, 0.3) is 5.91 Å². The van der Waals surface area contributed by atoms with Crippen LogP contribution in [0.2, 0.25) is 5.02 Å². The quantitative estimate of drug-likeness (QED) is 0.589. The lowest BCUT2D eigenvalue weighted by Gasteiger charge is -2.12. The largest absolute Gasteiger partial charge is 0.493 e. The van der Waals surface area contributed by atoms with E-state index in [2.05, 4.69) is 18.3 Å². The number of amides is 1. The van der Waals surface area contributed by atoms with Crippen molar-refractivity contribution in [3.63, 3.8) is 0 Å². The van der Waals surface area contributed by atoms with Crippen LogP contribution in [0.15, 0.2) is 36.4 Å². The fraction of sp³-hybridized carbons (Fsp3) is 0.409. The zero-order chi connectivity index (χ0) is 19.6. The monoisotopic (exact) mass is 389 g/mol. The lowest BCUT2D eigenvalue weighted by molar-refractivity contribution is -0.123. The number of carbonyl (C=O) groups is 1. The summed E-state index contributed by atoms with van der Waals surface area (Å²) >= 11 is 6.14. The molecule has 0 saturated heterocycles. The van der Waals surface area contributed by atoms with E-state index in [0.717, 1.165) is 41.2 Å². The van der Waals surface area contributed by atoms with Crippen LogP contribution in [-0.4, -0.2) is 25.7 Å². The molecule has 5 heteroatoms. The number of carbonyl (C=O) groups excluding carboxylic acids is 1. The Labute approximate surface area is 166 Å². The molecule has 0 unspecified atom stereocenters. The van der Waals surface area contributed by atoms with Crippen LogP contribution in [0.1, 0.15) is 36.5 Å². The number of halogens is 1. The number of aryl methyl sites for hydroxylation is 3. The molecule has 0 fully saturated rings. The van der Waals surface area contributed by atoms with E-state index in [4.69, 9.17) is 21.1 Å². The molecule has 0 aliphatic rings. The lowest BCUT2D eigenvalue weighted by Crippen LogP contribution is -2.30. The van der Waals surface area contributed by atoms with Crippen LogP contribution in [0.4, 0.5) is 0 Å². The van der Waals surface area contributed by atoms with E-state index < -0.39 is 0 Å². The molecule has 0 heterocycles. The number of hydrogen-bond acceptors (Lipinski definition) is 3. The zero-order valence-electron chi connectivity index (χ0n) is 16.3. The summed E-state index contributed by atoms with van der Waals surface area (Å²) < 4.78 is 11.3. The summed E-state index contributed by atoms with van der Waals surface area (Å²) in [6.45, 7) is 7.25. The first-order valence-corrected chi connectivity index (χ1v) is 9.76. The van der Waals surface area contributed by atoms with Gasteiger partial charge in [-0.05, 0) is 68.0 Å². The van der Waals surface area contributed by atoms with Crippen LogP contribution in [0.3, 0.4) is 0 Å². The van der Waals surface area contributed by atoms with Crippen molar-refractivity contribution >= 4 is 17.5 Å². The topological polar surface area (TPSA) is 47.6 Å². The second-order valence-electron chi connectivity index (χ2n) is 6.57. The van der Waals surface area contributed by atoms with E-state index in [1.165, 1.54) is 5.56 Å². The standard InChI is InChI=1S/C22H28ClNO3/c1-4-12-26-20-10-6-5-8-18(20)9-7-11-24-21(25)15-27-19-13-16(2)22(23)17(3)14-19/h5-6,8,10,13-14H,4,7,9,11-12,15H2,1-3H3,(H,24,25). The maximum absolute atomic E-state index is 12.0. The van der Waals surface area contributed by atoms with E-state index in [0.29, 0.717) is 18.9 Å². The van der Waals surface area contributed by atoms with Crippen molar-refractivity contribution in [2.45, 2.75) is 40.0 Å². The van der Waals surface area contributed by atoms with Gasteiger partial charge in [-0.3, -0.25) is 4.79 Å². The molecule has 0 bridgehead atoms. The average Bonchev–Trinajstić information content (AvgIpc) is 2.66. The highest BCUT2D eigenvalue weighted by Crippen LogP contribution is 2.25. The molecule has 0 aliphatic carbocycles. The van der Waals surface area contributed by atoms with Gasteiger partial charge in [0.1, 0.15) is 11.5 Å². The molecule has 0 radical (unpaired) electrons. The molecule has 27 heavy (non-hydrogen) atoms. The normalized spacial score (nSPS) is 10.5. The van der Waals surface area contributed by atoms with Crippen LogP contribution in [0.5, 0.6) is 11.5 Å². The van der Waals surface area contributed by atoms with Crippen molar-refractivity contribution in [3.05, 3.63) is 58.1 Å². The van der Waals surface area contributed by atoms with Crippen molar-refractivity contribution in [2.75, 3.05) is 19.8 Å². The third-order valence-corrected chi connectivity index (χ3v) is 4.76. The molecule has 4 nitrogen and oxygen atoms in total. The van der Waals surface area contributed by atoms with Crippen molar-refractivity contribution in [1.29, 1.82) is 0 Å². The molecule has 0 aromatic heterocycles. The molecule has 1 amide bonds. The highest BCUT2D eigenvalue weighted by molar-refractivity contribution is 6.32. The van der Waals surface area contributed by atoms with Gasteiger partial charge in [0, 0.05) is 11.6 Å². The smallest absolute Gasteiger partial charge is 0.257 e. The highest BCUT2D eigenvalue weighted by Gasteiger charge is 2.07. The Hall–Kier alpha value is -2.20. The van der Waals surface area contributed by atoms with Gasteiger partial charge >= 0.3 is 0 Å². The molecular formula is C22H28ClNO3. The summed E-state index contributed by atoms with van der Waals surface area (Å²) in [5, 5.41) is 3.63. The molecule has 0 atom stereocenters. The Balaban J connectivity index is 1.72. The van der Waals surface area contributed by atoms with E-state index in [1.54, 1.807) is 0 Å². The van der Waals surface area contributed by atoms with E-state index in [1.807, 2.05) is 44.2 Å². The van der Waals surface area contributed by atoms with Crippen LogP contribution < -0.4 is 14.8 Å². The minimum atomic E-state index is -0.129. The van der Waals surface area contributed by atoms with Crippen molar-refractivity contribution in [1.82, 2.24) is 5.32 Å². The summed E-state index contributed by atoms with van der Waals surface area (Å²) in [5.41, 5.74) is 3.05. The number of nitrogens with one attached hydrogen (secondary N) is 1. The minimum absolute atomic E-state index is 0.00326. The van der Waals surface area contributed by atoms with Crippen LogP contribution in [0, 0.1) is 13.8 Å². The van der Waals surface area contributed by atoms with Crippen LogP contribution >= 0.6 is 11.6 Å². The molecule has 2 aromatic rings. The average molecular weight is 390 g/mol. The van der Waals surface area contributed by atoms with Gasteiger partial charge in [0.05, 0.1) is 6.61 Å². The fourth-order valence-corrected chi connectivity index (χ4v) is 2.87. The molecule has 2 rings (SSSR count). The second-order valence-corrected chi connectivity index (χ2v) is 6.95. The minimum Gasteiger partial charge on any atom is -0.493 e. The second kappa shape index (κ2) is 10.8. The Morgan fingerprint density at radius 1 is 1.11 bits per heavy atom. The molecule has 2 aromatic carbocycles. The summed E-state index contributed by atoms with van der Waals surface area (Å²) in [5.74, 6) is 1.46. The Morgan fingerprint density at radius 2 is 1.81 bits per heavy atom. The summed E-state index contributed by atoms with van der Waals surface area (Å²) in [6.07, 6.45) is 2.69. The first-order chi connectivity index (χ1) is 13.0. The SMILES string of the molecule is CCCOc1ccccc1CCCNC(=O)COc1cc(C)c(Cl)c(C)c1. The van der Waals surface area contributed by atoms with Gasteiger partial charge in [0.15, 0.2) is 6.61 Å². The number of hydrogen-bond donors (Lipinski definition) is 1. The first-order valence-electron chi connectivity index (χ1n) is 9.38. The maximum Gasteiger partial charge on any atom is 0.257 e. The molecule has 1 N–H and O–H groups in total. The Kier molecular flexibility index (Phi) is 8.46. The predicted octanol–water partition coefficient (Wildman–Crippen LogP) is 4.87. The summed E-state index contributed by atoms with van der Waals surface area (Å²) in [7, 11) is 0. The molecule has 146 valence electrons. The molecule has 0 spiro atoms. The van der Waals surface area contributed by atoms with Crippen molar-refractivity contribution in [3.8, 4) is 11.5 Å². The van der Waals surface area contributed by atoms with Crippen LogP contribution in [0.25, 0.3) is 0 Å². The van der Waals surface area contributed by atoms with Crippen molar-refractivity contribution in [2.24, 2.45) is 0 Å². The lowest BCUT2D eigenvalue weighted by atomic mass is 10.1. The van der Waals surface area contributed by atoms with E-state index in [-0.39, 0.29) is 12.5 Å².